The zero-order chi connectivity index (χ0) is 17.6. The molecule has 1 amide bonds. The smallest absolute Gasteiger partial charge is 0.328 e. The van der Waals surface area contributed by atoms with Gasteiger partial charge < -0.3 is 9.64 Å². The zero-order valence-corrected chi connectivity index (χ0v) is 15.7. The van der Waals surface area contributed by atoms with Crippen LogP contribution in [-0.4, -0.2) is 36.0 Å². The van der Waals surface area contributed by atoms with E-state index in [9.17, 15) is 9.59 Å². The molecule has 2 aliphatic carbocycles. The minimum atomic E-state index is -0.376. The highest BCUT2D eigenvalue weighted by Gasteiger charge is 2.63. The second kappa shape index (κ2) is 6.20. The molecule has 4 nitrogen and oxygen atoms in total. The third kappa shape index (κ3) is 2.78. The van der Waals surface area contributed by atoms with E-state index in [0.717, 1.165) is 25.7 Å². The maximum absolute atomic E-state index is 13.4. The van der Waals surface area contributed by atoms with Crippen LogP contribution in [0.3, 0.4) is 0 Å². The van der Waals surface area contributed by atoms with Crippen molar-refractivity contribution in [3.63, 3.8) is 0 Å². The van der Waals surface area contributed by atoms with Crippen LogP contribution in [0.15, 0.2) is 11.6 Å². The number of methoxy groups -OCH3 is 1. The summed E-state index contributed by atoms with van der Waals surface area (Å²) in [4.78, 5) is 27.6. The van der Waals surface area contributed by atoms with Crippen molar-refractivity contribution in [2.24, 2.45) is 23.2 Å². The van der Waals surface area contributed by atoms with Crippen molar-refractivity contribution in [3.8, 4) is 0 Å². The second-order valence-corrected chi connectivity index (χ2v) is 8.70. The Hall–Kier alpha value is -1.32. The van der Waals surface area contributed by atoms with E-state index in [1.54, 1.807) is 0 Å². The molecule has 0 unspecified atom stereocenters. The summed E-state index contributed by atoms with van der Waals surface area (Å²) in [5.74, 6) is 0.689. The minimum absolute atomic E-state index is 0.000215. The van der Waals surface area contributed by atoms with Crippen LogP contribution >= 0.6 is 0 Å². The summed E-state index contributed by atoms with van der Waals surface area (Å²) in [5.41, 5.74) is 1.24. The summed E-state index contributed by atoms with van der Waals surface area (Å²) in [6.07, 6.45) is 7.54. The normalized spacial score (nSPS) is 36.7. The quantitative estimate of drug-likeness (QED) is 0.586. The maximum atomic E-state index is 13.4. The van der Waals surface area contributed by atoms with Gasteiger partial charge in [0.25, 0.3) is 0 Å². The molecule has 0 bridgehead atoms. The standard InChI is InChI=1S/C20H31NO3/c1-12(2)10-14-17(20(14,3)4)18(22)21-15-9-7-6-8-13(15)11-16(21)19(23)24-5/h10,13-17H,6-9,11H2,1-5H3/t13-,14+,15-,16-,17+/m0/s1. The zero-order valence-electron chi connectivity index (χ0n) is 15.7. The average Bonchev–Trinajstić information content (AvgIpc) is 2.91. The molecule has 2 saturated carbocycles. The van der Waals surface area contributed by atoms with E-state index in [4.69, 9.17) is 4.74 Å². The van der Waals surface area contributed by atoms with Crippen LogP contribution in [0.25, 0.3) is 0 Å². The lowest BCUT2D eigenvalue weighted by Gasteiger charge is -2.33. The van der Waals surface area contributed by atoms with Crippen molar-refractivity contribution in [1.29, 1.82) is 0 Å². The fourth-order valence-electron chi connectivity index (χ4n) is 5.10. The van der Waals surface area contributed by atoms with Crippen LogP contribution in [0.4, 0.5) is 0 Å². The molecule has 3 fully saturated rings. The summed E-state index contributed by atoms with van der Waals surface area (Å²) in [6, 6.07) is -0.140. The van der Waals surface area contributed by atoms with E-state index in [0.29, 0.717) is 5.92 Å². The van der Waals surface area contributed by atoms with Crippen molar-refractivity contribution in [1.82, 2.24) is 4.90 Å². The van der Waals surface area contributed by atoms with E-state index in [1.807, 2.05) is 4.90 Å². The molecular weight excluding hydrogens is 302 g/mol. The van der Waals surface area contributed by atoms with Gasteiger partial charge in [-0.2, -0.15) is 0 Å². The fraction of sp³-hybridized carbons (Fsp3) is 0.800. The highest BCUT2D eigenvalue weighted by atomic mass is 16.5. The molecule has 1 saturated heterocycles. The molecule has 134 valence electrons. The first-order chi connectivity index (χ1) is 11.3. The number of allylic oxidation sites excluding steroid dienone is 2. The highest BCUT2D eigenvalue weighted by molar-refractivity contribution is 5.89. The first-order valence-electron chi connectivity index (χ1n) is 9.34. The van der Waals surface area contributed by atoms with Crippen LogP contribution < -0.4 is 0 Å². The lowest BCUT2D eigenvalue weighted by atomic mass is 9.84. The average molecular weight is 333 g/mol. The lowest BCUT2D eigenvalue weighted by molar-refractivity contribution is -0.153. The molecule has 0 radical (unpaired) electrons. The first kappa shape index (κ1) is 17.5. The Kier molecular flexibility index (Phi) is 4.52. The number of hydrogen-bond donors (Lipinski definition) is 0. The fourth-order valence-corrected chi connectivity index (χ4v) is 5.10. The van der Waals surface area contributed by atoms with Gasteiger partial charge in [-0.3, -0.25) is 4.79 Å². The predicted octanol–water partition coefficient (Wildman–Crippen LogP) is 3.56. The van der Waals surface area contributed by atoms with Gasteiger partial charge in [0.15, 0.2) is 0 Å². The number of carbonyl (C=O) groups excluding carboxylic acids is 2. The van der Waals surface area contributed by atoms with Crippen molar-refractivity contribution in [3.05, 3.63) is 11.6 Å². The van der Waals surface area contributed by atoms with Crippen molar-refractivity contribution in [2.45, 2.75) is 71.9 Å². The Morgan fingerprint density at radius 1 is 1.17 bits per heavy atom. The summed E-state index contributed by atoms with van der Waals surface area (Å²) in [7, 11) is 1.43. The van der Waals surface area contributed by atoms with Gasteiger partial charge in [-0.25, -0.2) is 4.79 Å². The third-order valence-corrected chi connectivity index (χ3v) is 6.51. The van der Waals surface area contributed by atoms with E-state index >= 15 is 0 Å². The molecule has 24 heavy (non-hydrogen) atoms. The SMILES string of the molecule is COC(=O)[C@@H]1C[C@@H]2CCCC[C@@H]2N1C(=O)[C@H]1[C@@H](C=C(C)C)C1(C)C. The Bertz CT molecular complexity index is 561. The molecule has 1 aliphatic heterocycles. The predicted molar refractivity (Wildman–Crippen MR) is 93.2 cm³/mol. The summed E-state index contributed by atoms with van der Waals surface area (Å²) >= 11 is 0. The number of amides is 1. The van der Waals surface area contributed by atoms with Crippen LogP contribution in [0.5, 0.6) is 0 Å². The third-order valence-electron chi connectivity index (χ3n) is 6.51. The molecule has 0 spiro atoms. The summed E-state index contributed by atoms with van der Waals surface area (Å²) in [5, 5.41) is 0. The van der Waals surface area contributed by atoms with Crippen LogP contribution in [0.2, 0.25) is 0 Å². The van der Waals surface area contributed by atoms with Gasteiger partial charge >= 0.3 is 5.97 Å². The molecule has 3 aliphatic rings. The largest absolute Gasteiger partial charge is 0.467 e. The number of fused-ring (bicyclic) bond motifs is 1. The van der Waals surface area contributed by atoms with Gasteiger partial charge in [0.2, 0.25) is 5.91 Å². The second-order valence-electron chi connectivity index (χ2n) is 8.70. The molecule has 0 aromatic carbocycles. The van der Waals surface area contributed by atoms with Crippen LogP contribution in [0.1, 0.15) is 59.8 Å². The number of hydrogen-bond acceptors (Lipinski definition) is 3. The summed E-state index contributed by atoms with van der Waals surface area (Å²) < 4.78 is 5.02. The molecule has 5 atom stereocenters. The van der Waals surface area contributed by atoms with Gasteiger partial charge in [0.05, 0.1) is 13.0 Å². The molecule has 4 heteroatoms. The van der Waals surface area contributed by atoms with Gasteiger partial charge in [0.1, 0.15) is 6.04 Å². The van der Waals surface area contributed by atoms with Gasteiger partial charge in [-0.15, -0.1) is 0 Å². The van der Waals surface area contributed by atoms with Crippen LogP contribution in [-0.2, 0) is 14.3 Å². The van der Waals surface area contributed by atoms with E-state index < -0.39 is 0 Å². The van der Waals surface area contributed by atoms with Gasteiger partial charge in [0, 0.05) is 6.04 Å². The maximum Gasteiger partial charge on any atom is 0.328 e. The first-order valence-corrected chi connectivity index (χ1v) is 9.34. The Balaban J connectivity index is 1.86. The molecule has 3 rings (SSSR count). The van der Waals surface area contributed by atoms with Crippen molar-refractivity contribution < 1.29 is 14.3 Å². The topological polar surface area (TPSA) is 46.6 Å². The van der Waals surface area contributed by atoms with Gasteiger partial charge in [-0.05, 0) is 50.4 Å². The number of esters is 1. The monoisotopic (exact) mass is 333 g/mol. The molecular formula is C20H31NO3. The van der Waals surface area contributed by atoms with Crippen LogP contribution in [0, 0.1) is 23.2 Å². The minimum Gasteiger partial charge on any atom is -0.467 e. The van der Waals surface area contributed by atoms with Crippen molar-refractivity contribution >= 4 is 11.9 Å². The Labute approximate surface area is 145 Å². The summed E-state index contributed by atoms with van der Waals surface area (Å²) in [6.45, 7) is 8.50. The molecule has 1 heterocycles. The lowest BCUT2D eigenvalue weighted by Crippen LogP contribution is -2.47. The number of ether oxygens (including phenoxy) is 1. The van der Waals surface area contributed by atoms with E-state index in [2.05, 4.69) is 33.8 Å². The molecule has 0 N–H and O–H groups in total. The number of rotatable bonds is 3. The highest BCUT2D eigenvalue weighted by Crippen LogP contribution is 2.61. The molecule has 0 aromatic rings. The van der Waals surface area contributed by atoms with E-state index in [1.165, 1.54) is 19.1 Å². The Morgan fingerprint density at radius 3 is 2.46 bits per heavy atom. The number of carbonyl (C=O) groups is 2. The van der Waals surface area contributed by atoms with Crippen molar-refractivity contribution in [2.75, 3.05) is 7.11 Å². The van der Waals surface area contributed by atoms with Gasteiger partial charge in [-0.1, -0.05) is 38.3 Å². The van der Waals surface area contributed by atoms with E-state index in [-0.39, 0.29) is 41.2 Å². The molecule has 0 aromatic heterocycles. The number of nitrogens with zero attached hydrogens (tertiary/aromatic N) is 1. The number of likely N-dealkylation sites (tertiary alicyclic amines) is 1. The Morgan fingerprint density at radius 2 is 1.83 bits per heavy atom.